The molecule has 0 fully saturated rings. The van der Waals surface area contributed by atoms with Crippen molar-refractivity contribution in [2.75, 3.05) is 0 Å². The van der Waals surface area contributed by atoms with Gasteiger partial charge in [0.2, 0.25) is 0 Å². The summed E-state index contributed by atoms with van der Waals surface area (Å²) in [6, 6.07) is 14.1. The Morgan fingerprint density at radius 1 is 1.05 bits per heavy atom. The Bertz CT molecular complexity index is 592. The van der Waals surface area contributed by atoms with Gasteiger partial charge in [0.15, 0.2) is 0 Å². The zero-order valence-electron chi connectivity index (χ0n) is 10.8. The Morgan fingerprint density at radius 2 is 1.84 bits per heavy atom. The number of rotatable bonds is 3. The van der Waals surface area contributed by atoms with E-state index in [1.54, 1.807) is 0 Å². The van der Waals surface area contributed by atoms with Crippen LogP contribution in [0.5, 0.6) is 0 Å². The van der Waals surface area contributed by atoms with Crippen LogP contribution in [0.3, 0.4) is 0 Å². The third-order valence-electron chi connectivity index (χ3n) is 3.88. The van der Waals surface area contributed by atoms with Gasteiger partial charge < -0.3 is 5.11 Å². The van der Waals surface area contributed by atoms with E-state index in [2.05, 4.69) is 12.1 Å². The van der Waals surface area contributed by atoms with Gasteiger partial charge in [0.1, 0.15) is 0 Å². The first-order valence-corrected chi connectivity index (χ1v) is 7.15. The SMILES string of the molecule is OC(Cc1ccccc1Cl)c1ccc2c(c1)CCC2. The molecule has 2 aromatic rings. The fraction of sp³-hybridized carbons (Fsp3) is 0.294. The van der Waals surface area contributed by atoms with E-state index in [9.17, 15) is 5.11 Å². The molecule has 1 N–H and O–H groups in total. The monoisotopic (exact) mass is 272 g/mol. The zero-order valence-corrected chi connectivity index (χ0v) is 11.5. The number of aliphatic hydroxyl groups is 1. The first-order valence-electron chi connectivity index (χ1n) is 6.77. The first-order chi connectivity index (χ1) is 9.24. The van der Waals surface area contributed by atoms with Gasteiger partial charge >= 0.3 is 0 Å². The van der Waals surface area contributed by atoms with Gasteiger partial charge in [0.05, 0.1) is 6.10 Å². The van der Waals surface area contributed by atoms with E-state index in [0.717, 1.165) is 22.6 Å². The molecule has 0 saturated heterocycles. The van der Waals surface area contributed by atoms with Crippen LogP contribution < -0.4 is 0 Å². The van der Waals surface area contributed by atoms with E-state index in [1.165, 1.54) is 24.0 Å². The molecule has 1 aliphatic rings. The standard InChI is InChI=1S/C17H17ClO/c18-16-7-2-1-4-14(16)11-17(19)15-9-8-12-5-3-6-13(12)10-15/h1-2,4,7-10,17,19H,3,5-6,11H2. The smallest absolute Gasteiger partial charge is 0.0831 e. The predicted molar refractivity (Wildman–Crippen MR) is 78.6 cm³/mol. The number of aryl methyl sites for hydroxylation is 2. The average molecular weight is 273 g/mol. The van der Waals surface area contributed by atoms with Crippen LogP contribution >= 0.6 is 11.6 Å². The molecule has 2 aromatic carbocycles. The Hall–Kier alpha value is -1.31. The molecule has 1 aliphatic carbocycles. The van der Waals surface area contributed by atoms with Crippen molar-refractivity contribution in [1.29, 1.82) is 0 Å². The van der Waals surface area contributed by atoms with Crippen molar-refractivity contribution in [3.8, 4) is 0 Å². The highest BCUT2D eigenvalue weighted by molar-refractivity contribution is 6.31. The van der Waals surface area contributed by atoms with Gasteiger partial charge in [-0.3, -0.25) is 0 Å². The number of benzene rings is 2. The molecular formula is C17H17ClO. The molecule has 1 atom stereocenters. The summed E-state index contributed by atoms with van der Waals surface area (Å²) >= 11 is 6.14. The summed E-state index contributed by atoms with van der Waals surface area (Å²) in [4.78, 5) is 0. The Morgan fingerprint density at radius 3 is 2.68 bits per heavy atom. The third kappa shape index (κ3) is 2.68. The molecular weight excluding hydrogens is 256 g/mol. The van der Waals surface area contributed by atoms with Gasteiger partial charge in [-0.2, -0.15) is 0 Å². The Labute approximate surface area is 118 Å². The first kappa shape index (κ1) is 12.7. The van der Waals surface area contributed by atoms with Gasteiger partial charge in [-0.25, -0.2) is 0 Å². The molecule has 1 unspecified atom stereocenters. The van der Waals surface area contributed by atoms with Crippen LogP contribution in [0, 0.1) is 0 Å². The molecule has 0 spiro atoms. The van der Waals surface area contributed by atoms with E-state index < -0.39 is 6.10 Å². The molecule has 0 amide bonds. The van der Waals surface area contributed by atoms with Crippen molar-refractivity contribution in [3.05, 3.63) is 69.7 Å². The third-order valence-corrected chi connectivity index (χ3v) is 4.25. The Balaban J connectivity index is 1.81. The summed E-state index contributed by atoms with van der Waals surface area (Å²) < 4.78 is 0. The van der Waals surface area contributed by atoms with Crippen LogP contribution in [0.2, 0.25) is 5.02 Å². The molecule has 0 heterocycles. The second-order valence-corrected chi connectivity index (χ2v) is 5.60. The number of hydrogen-bond acceptors (Lipinski definition) is 1. The highest BCUT2D eigenvalue weighted by Gasteiger charge is 2.15. The predicted octanol–water partition coefficient (Wildman–Crippen LogP) is 4.10. The second-order valence-electron chi connectivity index (χ2n) is 5.19. The van der Waals surface area contributed by atoms with Crippen LogP contribution in [0.4, 0.5) is 0 Å². The number of aliphatic hydroxyl groups excluding tert-OH is 1. The van der Waals surface area contributed by atoms with Crippen molar-refractivity contribution < 1.29 is 5.11 Å². The maximum absolute atomic E-state index is 10.4. The van der Waals surface area contributed by atoms with Crippen molar-refractivity contribution in [2.45, 2.75) is 31.8 Å². The lowest BCUT2D eigenvalue weighted by molar-refractivity contribution is 0.178. The van der Waals surface area contributed by atoms with E-state index in [0.29, 0.717) is 6.42 Å². The summed E-state index contributed by atoms with van der Waals surface area (Å²) in [6.45, 7) is 0. The van der Waals surface area contributed by atoms with E-state index in [-0.39, 0.29) is 0 Å². The lowest BCUT2D eigenvalue weighted by Crippen LogP contribution is -2.03. The van der Waals surface area contributed by atoms with Gasteiger partial charge in [0.25, 0.3) is 0 Å². The van der Waals surface area contributed by atoms with Crippen LogP contribution in [0.1, 0.15) is 34.8 Å². The highest BCUT2D eigenvalue weighted by Crippen LogP contribution is 2.28. The minimum Gasteiger partial charge on any atom is -0.388 e. The van der Waals surface area contributed by atoms with Crippen LogP contribution in [0.15, 0.2) is 42.5 Å². The lowest BCUT2D eigenvalue weighted by Gasteiger charge is -2.13. The second kappa shape index (κ2) is 5.36. The molecule has 2 heteroatoms. The van der Waals surface area contributed by atoms with Gasteiger partial charge in [-0.15, -0.1) is 0 Å². The van der Waals surface area contributed by atoms with Crippen LogP contribution in [-0.4, -0.2) is 5.11 Å². The molecule has 19 heavy (non-hydrogen) atoms. The molecule has 3 rings (SSSR count). The molecule has 0 aliphatic heterocycles. The average Bonchev–Trinajstić information content (AvgIpc) is 2.88. The maximum atomic E-state index is 10.4. The zero-order chi connectivity index (χ0) is 13.2. The van der Waals surface area contributed by atoms with E-state index in [4.69, 9.17) is 11.6 Å². The minimum atomic E-state index is -0.481. The van der Waals surface area contributed by atoms with Crippen LogP contribution in [0.25, 0.3) is 0 Å². The van der Waals surface area contributed by atoms with E-state index in [1.807, 2.05) is 30.3 Å². The number of hydrogen-bond donors (Lipinski definition) is 1. The fourth-order valence-electron chi connectivity index (χ4n) is 2.79. The summed E-state index contributed by atoms with van der Waals surface area (Å²) in [5, 5.41) is 11.1. The summed E-state index contributed by atoms with van der Waals surface area (Å²) in [7, 11) is 0. The van der Waals surface area contributed by atoms with Crippen molar-refractivity contribution in [3.63, 3.8) is 0 Å². The normalized spacial score (nSPS) is 15.3. The molecule has 0 aromatic heterocycles. The maximum Gasteiger partial charge on any atom is 0.0831 e. The molecule has 0 radical (unpaired) electrons. The molecule has 1 nitrogen and oxygen atoms in total. The molecule has 0 bridgehead atoms. The topological polar surface area (TPSA) is 20.2 Å². The fourth-order valence-corrected chi connectivity index (χ4v) is 3.00. The Kier molecular flexibility index (Phi) is 3.58. The minimum absolute atomic E-state index is 0.481. The quantitative estimate of drug-likeness (QED) is 0.892. The van der Waals surface area contributed by atoms with E-state index >= 15 is 0 Å². The van der Waals surface area contributed by atoms with Gasteiger partial charge in [0, 0.05) is 11.4 Å². The lowest BCUT2D eigenvalue weighted by atomic mass is 9.98. The highest BCUT2D eigenvalue weighted by atomic mass is 35.5. The number of fused-ring (bicyclic) bond motifs is 1. The van der Waals surface area contributed by atoms with Gasteiger partial charge in [-0.05, 0) is 47.6 Å². The molecule has 98 valence electrons. The van der Waals surface area contributed by atoms with Gasteiger partial charge in [-0.1, -0.05) is 48.0 Å². The molecule has 0 saturated carbocycles. The summed E-state index contributed by atoms with van der Waals surface area (Å²) in [5.41, 5.74) is 4.84. The van der Waals surface area contributed by atoms with Crippen molar-refractivity contribution in [1.82, 2.24) is 0 Å². The van der Waals surface area contributed by atoms with Crippen molar-refractivity contribution in [2.24, 2.45) is 0 Å². The largest absolute Gasteiger partial charge is 0.388 e. The summed E-state index contributed by atoms with van der Waals surface area (Å²) in [6.07, 6.45) is 3.64. The number of halogens is 1. The van der Waals surface area contributed by atoms with Crippen LogP contribution in [-0.2, 0) is 19.3 Å². The van der Waals surface area contributed by atoms with Crippen molar-refractivity contribution >= 4 is 11.6 Å². The summed E-state index contributed by atoms with van der Waals surface area (Å²) in [5.74, 6) is 0.